The number of benzene rings is 1. The number of carbonyl (C=O) groups is 1. The standard InChI is InChI=1S/C14H18FN3O/c1-3-6-17-14(19)10-18(2)9-12-5-4-11(8-16)7-13(12)15/h4-5,7H,3,6,9-10H2,1-2H3,(H,17,19). The molecule has 19 heavy (non-hydrogen) atoms. The lowest BCUT2D eigenvalue weighted by molar-refractivity contribution is -0.122. The molecule has 0 aliphatic heterocycles. The van der Waals surface area contributed by atoms with E-state index in [9.17, 15) is 9.18 Å². The summed E-state index contributed by atoms with van der Waals surface area (Å²) in [5.74, 6) is -0.488. The lowest BCUT2D eigenvalue weighted by Crippen LogP contribution is -2.35. The van der Waals surface area contributed by atoms with Crippen LogP contribution in [0.2, 0.25) is 0 Å². The van der Waals surface area contributed by atoms with E-state index in [1.165, 1.54) is 6.07 Å². The number of carbonyl (C=O) groups excluding carboxylic acids is 1. The first-order chi connectivity index (χ1) is 9.06. The predicted octanol–water partition coefficient (Wildman–Crippen LogP) is 1.66. The van der Waals surface area contributed by atoms with Crippen molar-refractivity contribution >= 4 is 5.91 Å². The SMILES string of the molecule is CCCNC(=O)CN(C)Cc1ccc(C#N)cc1F. The van der Waals surface area contributed by atoms with E-state index < -0.39 is 5.82 Å². The van der Waals surface area contributed by atoms with E-state index >= 15 is 0 Å². The number of rotatable bonds is 6. The number of hydrogen-bond donors (Lipinski definition) is 1. The van der Waals surface area contributed by atoms with Gasteiger partial charge >= 0.3 is 0 Å². The van der Waals surface area contributed by atoms with Crippen LogP contribution in [0, 0.1) is 17.1 Å². The van der Waals surface area contributed by atoms with Gasteiger partial charge in [-0.3, -0.25) is 9.69 Å². The smallest absolute Gasteiger partial charge is 0.234 e. The number of nitrogens with zero attached hydrogens (tertiary/aromatic N) is 2. The van der Waals surface area contributed by atoms with Gasteiger partial charge in [-0.15, -0.1) is 0 Å². The van der Waals surface area contributed by atoms with Crippen molar-refractivity contribution in [3.8, 4) is 6.07 Å². The maximum absolute atomic E-state index is 13.7. The van der Waals surface area contributed by atoms with Crippen LogP contribution in [0.3, 0.4) is 0 Å². The van der Waals surface area contributed by atoms with Gasteiger partial charge in [0.2, 0.25) is 5.91 Å². The summed E-state index contributed by atoms with van der Waals surface area (Å²) in [6.45, 7) is 3.19. The number of amides is 1. The molecule has 1 aromatic rings. The van der Waals surface area contributed by atoms with Crippen LogP contribution in [-0.2, 0) is 11.3 Å². The normalized spacial score (nSPS) is 10.3. The minimum Gasteiger partial charge on any atom is -0.355 e. The lowest BCUT2D eigenvalue weighted by atomic mass is 10.1. The minimum absolute atomic E-state index is 0.0709. The van der Waals surface area contributed by atoms with Crippen LogP contribution in [-0.4, -0.2) is 30.9 Å². The molecule has 1 aromatic carbocycles. The molecular weight excluding hydrogens is 245 g/mol. The van der Waals surface area contributed by atoms with Gasteiger partial charge in [0.25, 0.3) is 0 Å². The highest BCUT2D eigenvalue weighted by Crippen LogP contribution is 2.11. The van der Waals surface area contributed by atoms with E-state index in [4.69, 9.17) is 5.26 Å². The van der Waals surface area contributed by atoms with E-state index in [-0.39, 0.29) is 12.5 Å². The highest BCUT2D eigenvalue weighted by molar-refractivity contribution is 5.77. The van der Waals surface area contributed by atoms with Gasteiger partial charge in [0.15, 0.2) is 0 Å². The van der Waals surface area contributed by atoms with Gasteiger partial charge < -0.3 is 5.32 Å². The Morgan fingerprint density at radius 2 is 2.26 bits per heavy atom. The van der Waals surface area contributed by atoms with Crippen molar-refractivity contribution in [3.05, 3.63) is 35.1 Å². The first-order valence-corrected chi connectivity index (χ1v) is 6.20. The maximum atomic E-state index is 13.7. The van der Waals surface area contributed by atoms with Gasteiger partial charge in [0, 0.05) is 18.7 Å². The summed E-state index contributed by atoms with van der Waals surface area (Å²) in [5.41, 5.74) is 0.773. The van der Waals surface area contributed by atoms with E-state index in [0.717, 1.165) is 6.42 Å². The fraction of sp³-hybridized carbons (Fsp3) is 0.429. The van der Waals surface area contributed by atoms with Crippen molar-refractivity contribution in [2.45, 2.75) is 19.9 Å². The summed E-state index contributed by atoms with van der Waals surface area (Å²) in [7, 11) is 1.75. The Kier molecular flexibility index (Phi) is 5.97. The molecule has 0 atom stereocenters. The summed E-state index contributed by atoms with van der Waals surface area (Å²) in [6, 6.07) is 6.25. The highest BCUT2D eigenvalue weighted by atomic mass is 19.1. The van der Waals surface area contributed by atoms with Gasteiger partial charge in [-0.1, -0.05) is 13.0 Å². The van der Waals surface area contributed by atoms with Gasteiger partial charge in [-0.25, -0.2) is 4.39 Å². The second-order valence-electron chi connectivity index (χ2n) is 4.44. The van der Waals surface area contributed by atoms with Crippen LogP contribution < -0.4 is 5.32 Å². The van der Waals surface area contributed by atoms with Crippen molar-refractivity contribution in [3.63, 3.8) is 0 Å². The van der Waals surface area contributed by atoms with Crippen molar-refractivity contribution in [2.24, 2.45) is 0 Å². The number of nitrogens with one attached hydrogen (secondary N) is 1. The lowest BCUT2D eigenvalue weighted by Gasteiger charge is -2.16. The number of likely N-dealkylation sites (N-methyl/N-ethyl adjacent to an activating group) is 1. The molecule has 1 rings (SSSR count). The summed E-state index contributed by atoms with van der Waals surface area (Å²) in [6.07, 6.45) is 0.889. The van der Waals surface area contributed by atoms with Crippen LogP contribution in [0.1, 0.15) is 24.5 Å². The molecule has 0 heterocycles. The molecule has 0 fully saturated rings. The van der Waals surface area contributed by atoms with Gasteiger partial charge in [-0.2, -0.15) is 5.26 Å². The third-order valence-electron chi connectivity index (χ3n) is 2.61. The zero-order chi connectivity index (χ0) is 14.3. The van der Waals surface area contributed by atoms with Crippen LogP contribution in [0.5, 0.6) is 0 Å². The molecule has 0 aliphatic carbocycles. The molecule has 0 unspecified atom stereocenters. The van der Waals surface area contributed by atoms with Gasteiger partial charge in [0.1, 0.15) is 5.82 Å². The molecule has 1 amide bonds. The number of hydrogen-bond acceptors (Lipinski definition) is 3. The molecule has 1 N–H and O–H groups in total. The molecule has 0 aliphatic rings. The summed E-state index contributed by atoms with van der Waals surface area (Å²) in [5, 5.41) is 11.4. The zero-order valence-electron chi connectivity index (χ0n) is 11.2. The molecule has 0 spiro atoms. The third kappa shape index (κ3) is 5.06. The summed E-state index contributed by atoms with van der Waals surface area (Å²) >= 11 is 0. The van der Waals surface area contributed by atoms with E-state index in [1.807, 2.05) is 13.0 Å². The topological polar surface area (TPSA) is 56.1 Å². The second kappa shape index (κ2) is 7.49. The van der Waals surface area contributed by atoms with Gasteiger partial charge in [-0.05, 0) is 25.6 Å². The molecular formula is C14H18FN3O. The van der Waals surface area contributed by atoms with Crippen LogP contribution in [0.4, 0.5) is 4.39 Å². The molecule has 5 heteroatoms. The fourth-order valence-electron chi connectivity index (χ4n) is 1.66. The molecule has 4 nitrogen and oxygen atoms in total. The second-order valence-corrected chi connectivity index (χ2v) is 4.44. The molecule has 0 aromatic heterocycles. The average molecular weight is 263 g/mol. The van der Waals surface area contributed by atoms with Gasteiger partial charge in [0.05, 0.1) is 18.2 Å². The Hall–Kier alpha value is -1.93. The van der Waals surface area contributed by atoms with Crippen molar-refractivity contribution in [1.82, 2.24) is 10.2 Å². The first kappa shape index (κ1) is 15.1. The molecule has 102 valence electrons. The van der Waals surface area contributed by atoms with Crippen LogP contribution >= 0.6 is 0 Å². The quantitative estimate of drug-likeness (QED) is 0.849. The minimum atomic E-state index is -0.417. The first-order valence-electron chi connectivity index (χ1n) is 6.20. The average Bonchev–Trinajstić information content (AvgIpc) is 2.38. The monoisotopic (exact) mass is 263 g/mol. The highest BCUT2D eigenvalue weighted by Gasteiger charge is 2.09. The molecule has 0 saturated heterocycles. The molecule has 0 radical (unpaired) electrons. The number of halogens is 1. The zero-order valence-corrected chi connectivity index (χ0v) is 11.2. The number of nitriles is 1. The third-order valence-corrected chi connectivity index (χ3v) is 2.61. The Morgan fingerprint density at radius 3 is 2.84 bits per heavy atom. The predicted molar refractivity (Wildman–Crippen MR) is 70.7 cm³/mol. The van der Waals surface area contributed by atoms with E-state index in [2.05, 4.69) is 5.32 Å². The Morgan fingerprint density at radius 1 is 1.53 bits per heavy atom. The Balaban J connectivity index is 2.55. The van der Waals surface area contributed by atoms with E-state index in [0.29, 0.717) is 24.2 Å². The summed E-state index contributed by atoms with van der Waals surface area (Å²) in [4.78, 5) is 13.2. The van der Waals surface area contributed by atoms with E-state index in [1.54, 1.807) is 24.1 Å². The summed E-state index contributed by atoms with van der Waals surface area (Å²) < 4.78 is 13.7. The van der Waals surface area contributed by atoms with Crippen molar-refractivity contribution < 1.29 is 9.18 Å². The Labute approximate surface area is 112 Å². The van der Waals surface area contributed by atoms with Crippen LogP contribution in [0.25, 0.3) is 0 Å². The van der Waals surface area contributed by atoms with Crippen LogP contribution in [0.15, 0.2) is 18.2 Å². The molecule has 0 bridgehead atoms. The molecule has 0 saturated carbocycles. The van der Waals surface area contributed by atoms with Crippen molar-refractivity contribution in [2.75, 3.05) is 20.1 Å². The Bertz CT molecular complexity index is 482. The maximum Gasteiger partial charge on any atom is 0.234 e. The van der Waals surface area contributed by atoms with Crippen molar-refractivity contribution in [1.29, 1.82) is 5.26 Å². The fourth-order valence-corrected chi connectivity index (χ4v) is 1.66. The largest absolute Gasteiger partial charge is 0.355 e.